The Morgan fingerprint density at radius 2 is 0.654 bits per heavy atom. The van der Waals surface area contributed by atoms with E-state index in [4.69, 9.17) is 0 Å². The summed E-state index contributed by atoms with van der Waals surface area (Å²) in [6.45, 7) is 48.2. The van der Waals surface area contributed by atoms with Crippen LogP contribution in [-0.2, 0) is 32.5 Å². The highest BCUT2D eigenvalue weighted by atomic mass is 32.2. The van der Waals surface area contributed by atoms with E-state index in [0.717, 1.165) is 78.9 Å². The molecular weight excluding hydrogens is 1010 g/mol. The lowest BCUT2D eigenvalue weighted by molar-refractivity contribution is 0.366. The first-order chi connectivity index (χ1) is 37.3. The molecule has 0 amide bonds. The average molecular weight is 1130 g/mol. The van der Waals surface area contributed by atoms with Crippen LogP contribution in [0.3, 0.4) is 0 Å². The maximum atomic E-state index is 12.0. The lowest BCUT2D eigenvalue weighted by Crippen LogP contribution is -2.36. The normalized spacial score (nSPS) is 13.8. The monoisotopic (exact) mass is 1120 g/mol. The predicted molar refractivity (Wildman–Crippen MR) is 351 cm³/mol. The quantitative estimate of drug-likeness (QED) is 0.0418. The zero-order valence-corrected chi connectivity index (χ0v) is 55.9. The Kier molecular flexibility index (Phi) is 22.1. The minimum atomic E-state index is -0.692. The molecule has 0 heterocycles. The predicted octanol–water partition coefficient (Wildman–Crippen LogP) is 21.4. The average Bonchev–Trinajstić information content (AvgIpc) is 3.46. The molecule has 81 heavy (non-hydrogen) atoms. The minimum Gasteiger partial charge on any atom is -0.508 e. The summed E-state index contributed by atoms with van der Waals surface area (Å²) in [7, 11) is 0. The number of aryl methyl sites for hydroxylation is 5. The summed E-state index contributed by atoms with van der Waals surface area (Å²) in [6.07, 6.45) is 15.1. The summed E-state index contributed by atoms with van der Waals surface area (Å²) in [5.74, 6) is 2.18. The Morgan fingerprint density at radius 3 is 1.00 bits per heavy atom. The number of hydrogen-bond acceptors (Lipinski definition) is 6. The van der Waals surface area contributed by atoms with Crippen LogP contribution in [0.25, 0.3) is 0 Å². The van der Waals surface area contributed by atoms with E-state index >= 15 is 0 Å². The lowest BCUT2D eigenvalue weighted by atomic mass is 9.60. The maximum Gasteiger partial charge on any atom is 0.119 e. The molecule has 2 unspecified atom stereocenters. The molecular formula is C75H112O5S. The number of hydrogen-bond donors (Lipinski definition) is 5. The number of unbranched alkanes of at least 4 members (excludes halogenated alkanes) is 9. The van der Waals surface area contributed by atoms with Crippen molar-refractivity contribution in [2.24, 2.45) is 0 Å². The molecule has 0 saturated heterocycles. The van der Waals surface area contributed by atoms with Crippen LogP contribution in [0.2, 0.25) is 0 Å². The van der Waals surface area contributed by atoms with Crippen LogP contribution in [0.1, 0.15) is 296 Å². The standard InChI is InChI=1S/C75H112O5S/c1-23-24-25-26-27-28-29-30-31-32-33-81-52(7)45-75(58-43-63(73(17,18)19)68(79)37-50(58)5,59-44-64(74(20,21)22)69(80)38-51(59)6)46-53(54-40-60(70(8,9)10)65(76)34-47(54)2)39-57(55-41-61(71(11,12)13)66(77)35-48(55)3)56-42-62(72(14,15)16)67(78)36-49(56)4/h34-38,40-44,52-53,57,76-80H,23-33,39,45-46H2,1-22H3. The van der Waals surface area contributed by atoms with Crippen LogP contribution >= 0.6 is 11.8 Å². The van der Waals surface area contributed by atoms with Gasteiger partial charge in [0.25, 0.3) is 0 Å². The van der Waals surface area contributed by atoms with E-state index in [1.807, 2.05) is 30.3 Å². The summed E-state index contributed by atoms with van der Waals surface area (Å²) in [4.78, 5) is 0. The van der Waals surface area contributed by atoms with Crippen LogP contribution < -0.4 is 0 Å². The van der Waals surface area contributed by atoms with E-state index in [2.05, 4.69) is 194 Å². The van der Waals surface area contributed by atoms with E-state index in [9.17, 15) is 25.5 Å². The Morgan fingerprint density at radius 1 is 0.358 bits per heavy atom. The number of phenols is 5. The van der Waals surface area contributed by atoms with Crippen LogP contribution in [0, 0.1) is 34.6 Å². The van der Waals surface area contributed by atoms with Crippen molar-refractivity contribution >= 4 is 11.8 Å². The van der Waals surface area contributed by atoms with Gasteiger partial charge in [0, 0.05) is 16.6 Å². The van der Waals surface area contributed by atoms with Crippen molar-refractivity contribution in [1.29, 1.82) is 0 Å². The second kappa shape index (κ2) is 26.6. The summed E-state index contributed by atoms with van der Waals surface area (Å²) in [5, 5.41) is 59.8. The van der Waals surface area contributed by atoms with Crippen molar-refractivity contribution in [2.45, 2.75) is 285 Å². The van der Waals surface area contributed by atoms with Crippen molar-refractivity contribution in [3.05, 3.63) is 144 Å². The number of rotatable bonds is 23. The molecule has 0 aliphatic rings. The topological polar surface area (TPSA) is 101 Å². The van der Waals surface area contributed by atoms with Gasteiger partial charge in [-0.3, -0.25) is 0 Å². The lowest BCUT2D eigenvalue weighted by Gasteiger charge is -2.44. The van der Waals surface area contributed by atoms with E-state index in [1.165, 1.54) is 80.9 Å². The Bertz CT molecular complexity index is 2780. The summed E-state index contributed by atoms with van der Waals surface area (Å²) >= 11 is 2.08. The summed E-state index contributed by atoms with van der Waals surface area (Å²) < 4.78 is 0. The third-order valence-corrected chi connectivity index (χ3v) is 19.0. The Hall–Kier alpha value is -4.55. The molecule has 0 aliphatic carbocycles. The highest BCUT2D eigenvalue weighted by Crippen LogP contribution is 2.55. The van der Waals surface area contributed by atoms with E-state index in [1.54, 1.807) is 0 Å². The molecule has 2 atom stereocenters. The second-order valence-electron chi connectivity index (χ2n) is 30.1. The molecule has 448 valence electrons. The van der Waals surface area contributed by atoms with Gasteiger partial charge < -0.3 is 25.5 Å². The largest absolute Gasteiger partial charge is 0.508 e. The van der Waals surface area contributed by atoms with Crippen molar-refractivity contribution in [3.8, 4) is 28.7 Å². The van der Waals surface area contributed by atoms with Gasteiger partial charge in [0.15, 0.2) is 0 Å². The summed E-state index contributed by atoms with van der Waals surface area (Å²) in [5.41, 5.74) is 12.9. The van der Waals surface area contributed by atoms with Gasteiger partial charge >= 0.3 is 0 Å². The number of thioether (sulfide) groups is 1. The fraction of sp³-hybridized carbons (Fsp3) is 0.600. The fourth-order valence-electron chi connectivity index (χ4n) is 13.3. The van der Waals surface area contributed by atoms with Gasteiger partial charge in [0.2, 0.25) is 0 Å². The second-order valence-corrected chi connectivity index (χ2v) is 31.7. The summed E-state index contributed by atoms with van der Waals surface area (Å²) in [6, 6.07) is 21.4. The van der Waals surface area contributed by atoms with Gasteiger partial charge in [-0.1, -0.05) is 206 Å². The first-order valence-electron chi connectivity index (χ1n) is 31.2. The molecule has 6 heteroatoms. The van der Waals surface area contributed by atoms with Gasteiger partial charge in [-0.25, -0.2) is 0 Å². The van der Waals surface area contributed by atoms with Crippen molar-refractivity contribution in [1.82, 2.24) is 0 Å². The van der Waals surface area contributed by atoms with Gasteiger partial charge in [-0.15, -0.1) is 0 Å². The minimum absolute atomic E-state index is 0.161. The molecule has 0 radical (unpaired) electrons. The van der Waals surface area contributed by atoms with Crippen molar-refractivity contribution in [2.75, 3.05) is 5.75 Å². The zero-order valence-electron chi connectivity index (χ0n) is 55.0. The third kappa shape index (κ3) is 16.6. The van der Waals surface area contributed by atoms with Crippen LogP contribution in [0.4, 0.5) is 0 Å². The Balaban J connectivity index is 1.95. The van der Waals surface area contributed by atoms with Gasteiger partial charge in [0.05, 0.1) is 0 Å². The fourth-order valence-corrected chi connectivity index (χ4v) is 14.5. The molecule has 5 N–H and O–H groups in total. The molecule has 5 aromatic carbocycles. The van der Waals surface area contributed by atoms with E-state index in [-0.39, 0.29) is 44.2 Å². The van der Waals surface area contributed by atoms with Gasteiger partial charge in [-0.05, 0) is 213 Å². The van der Waals surface area contributed by atoms with Crippen LogP contribution in [0.15, 0.2) is 60.7 Å². The highest BCUT2D eigenvalue weighted by Gasteiger charge is 2.44. The maximum absolute atomic E-state index is 12.0. The zero-order chi connectivity index (χ0) is 61.0. The number of phenolic OH excluding ortho intramolecular Hbond substituents is 5. The molecule has 0 saturated carbocycles. The molecule has 0 spiro atoms. The van der Waals surface area contributed by atoms with Crippen molar-refractivity contribution in [3.63, 3.8) is 0 Å². The smallest absolute Gasteiger partial charge is 0.119 e. The Labute approximate surface area is 498 Å². The molecule has 0 fully saturated rings. The van der Waals surface area contributed by atoms with Gasteiger partial charge in [-0.2, -0.15) is 11.8 Å². The molecule has 0 bridgehead atoms. The van der Waals surface area contributed by atoms with Crippen LogP contribution in [0.5, 0.6) is 28.7 Å². The third-order valence-electron chi connectivity index (χ3n) is 17.8. The first-order valence-corrected chi connectivity index (χ1v) is 32.2. The highest BCUT2D eigenvalue weighted by molar-refractivity contribution is 7.99. The molecule has 5 rings (SSSR count). The number of benzene rings is 5. The van der Waals surface area contributed by atoms with E-state index in [0.29, 0.717) is 41.6 Å². The molecule has 5 nitrogen and oxygen atoms in total. The van der Waals surface area contributed by atoms with Crippen molar-refractivity contribution < 1.29 is 25.5 Å². The van der Waals surface area contributed by atoms with E-state index < -0.39 is 5.41 Å². The molecule has 0 aromatic heterocycles. The first kappa shape index (κ1) is 67.2. The SMILES string of the molecule is CCCCCCCCCCCCSC(C)CC(CC(CC(c1cc(C(C)(C)C)c(O)cc1C)c1cc(C(C)(C)C)c(O)cc1C)c1cc(C(C)(C)C)c(O)cc1C)(c1cc(C(C)(C)C)c(O)cc1C)c1cc(C(C)(C)C)c(O)cc1C. The van der Waals surface area contributed by atoms with Gasteiger partial charge in [0.1, 0.15) is 28.7 Å². The number of aromatic hydroxyl groups is 5. The molecule has 0 aliphatic heterocycles. The van der Waals surface area contributed by atoms with Crippen LogP contribution in [-0.4, -0.2) is 36.5 Å². The molecule has 5 aromatic rings.